The Labute approximate surface area is 182 Å². The molecule has 4 rings (SSSR count). The highest BCUT2D eigenvalue weighted by atomic mass is 32.2. The van der Waals surface area contributed by atoms with Gasteiger partial charge in [0, 0.05) is 24.5 Å². The average molecular weight is 443 g/mol. The Hall–Kier alpha value is -2.19. The zero-order valence-electron chi connectivity index (χ0n) is 17.2. The van der Waals surface area contributed by atoms with E-state index >= 15 is 0 Å². The fourth-order valence-electron chi connectivity index (χ4n) is 3.93. The SMILES string of the molecule is COc1ccc(C)cc1S(=O)(=O)NCC(c1cccs1)N1CCc2ccccc2C1. The first kappa shape index (κ1) is 21.1. The summed E-state index contributed by atoms with van der Waals surface area (Å²) >= 11 is 1.66. The first-order valence-electron chi connectivity index (χ1n) is 9.96. The molecule has 1 atom stereocenters. The maximum atomic E-state index is 13.1. The molecular weight excluding hydrogens is 416 g/mol. The van der Waals surface area contributed by atoms with Gasteiger partial charge in [-0.1, -0.05) is 36.4 Å². The number of hydrogen-bond donors (Lipinski definition) is 1. The first-order valence-corrected chi connectivity index (χ1v) is 12.3. The third-order valence-electron chi connectivity index (χ3n) is 5.55. The Morgan fingerprint density at radius 2 is 1.93 bits per heavy atom. The van der Waals surface area contributed by atoms with E-state index in [1.807, 2.05) is 24.4 Å². The minimum atomic E-state index is -3.71. The second-order valence-electron chi connectivity index (χ2n) is 7.53. The van der Waals surface area contributed by atoms with Gasteiger partial charge in [-0.3, -0.25) is 4.90 Å². The second kappa shape index (κ2) is 8.89. The van der Waals surface area contributed by atoms with E-state index in [4.69, 9.17) is 4.74 Å². The molecule has 3 aromatic rings. The summed E-state index contributed by atoms with van der Waals surface area (Å²) in [5, 5.41) is 2.04. The summed E-state index contributed by atoms with van der Waals surface area (Å²) in [6.07, 6.45) is 0.969. The number of methoxy groups -OCH3 is 1. The van der Waals surface area contributed by atoms with Crippen LogP contribution in [-0.2, 0) is 23.0 Å². The summed E-state index contributed by atoms with van der Waals surface area (Å²) < 4.78 is 34.4. The predicted octanol–water partition coefficient (Wildman–Crippen LogP) is 4.14. The van der Waals surface area contributed by atoms with E-state index in [0.29, 0.717) is 12.3 Å². The van der Waals surface area contributed by atoms with Gasteiger partial charge in [0.05, 0.1) is 13.2 Å². The summed E-state index contributed by atoms with van der Waals surface area (Å²) in [6, 6.07) is 17.8. The van der Waals surface area contributed by atoms with Gasteiger partial charge < -0.3 is 4.74 Å². The van der Waals surface area contributed by atoms with E-state index in [9.17, 15) is 8.42 Å². The molecule has 0 radical (unpaired) electrons. The maximum absolute atomic E-state index is 13.1. The summed E-state index contributed by atoms with van der Waals surface area (Å²) in [5.41, 5.74) is 3.57. The third kappa shape index (κ3) is 4.44. The fourth-order valence-corrected chi connectivity index (χ4v) is 6.09. The zero-order chi connectivity index (χ0) is 21.1. The Morgan fingerprint density at radius 3 is 2.67 bits per heavy atom. The number of thiophene rings is 1. The van der Waals surface area contributed by atoms with Gasteiger partial charge in [-0.15, -0.1) is 11.3 Å². The minimum Gasteiger partial charge on any atom is -0.495 e. The van der Waals surface area contributed by atoms with Crippen LogP contribution >= 0.6 is 11.3 Å². The van der Waals surface area contributed by atoms with Crippen LogP contribution < -0.4 is 9.46 Å². The fraction of sp³-hybridized carbons (Fsp3) is 0.304. The van der Waals surface area contributed by atoms with Crippen LogP contribution in [0.2, 0.25) is 0 Å². The molecule has 0 aliphatic carbocycles. The van der Waals surface area contributed by atoms with Crippen molar-refractivity contribution >= 4 is 21.4 Å². The highest BCUT2D eigenvalue weighted by Crippen LogP contribution is 2.31. The van der Waals surface area contributed by atoms with Crippen molar-refractivity contribution in [3.8, 4) is 5.75 Å². The largest absolute Gasteiger partial charge is 0.495 e. The molecule has 30 heavy (non-hydrogen) atoms. The highest BCUT2D eigenvalue weighted by Gasteiger charge is 2.28. The van der Waals surface area contributed by atoms with Crippen molar-refractivity contribution in [2.75, 3.05) is 20.2 Å². The van der Waals surface area contributed by atoms with Gasteiger partial charge in [0.1, 0.15) is 10.6 Å². The number of hydrogen-bond acceptors (Lipinski definition) is 5. The van der Waals surface area contributed by atoms with Crippen LogP contribution in [0, 0.1) is 6.92 Å². The standard InChI is InChI=1S/C23H26N2O3S2/c1-17-9-10-21(28-2)23(14-17)30(26,27)24-15-20(22-8-5-13-29-22)25-12-11-18-6-3-4-7-19(18)16-25/h3-10,13-14,20,24H,11-12,15-16H2,1-2H3. The Bertz CT molecular complexity index is 1110. The molecule has 0 fully saturated rings. The Balaban J connectivity index is 1.58. The molecule has 0 saturated carbocycles. The van der Waals surface area contributed by atoms with Gasteiger partial charge in [0.2, 0.25) is 10.0 Å². The summed E-state index contributed by atoms with van der Waals surface area (Å²) in [5.74, 6) is 0.354. The van der Waals surface area contributed by atoms with Crippen molar-refractivity contribution in [3.05, 3.63) is 81.5 Å². The summed E-state index contributed by atoms with van der Waals surface area (Å²) in [6.45, 7) is 3.89. The van der Waals surface area contributed by atoms with Crippen molar-refractivity contribution in [2.45, 2.75) is 30.8 Å². The van der Waals surface area contributed by atoms with E-state index in [1.165, 1.54) is 18.2 Å². The van der Waals surface area contributed by atoms with E-state index in [1.54, 1.807) is 23.5 Å². The lowest BCUT2D eigenvalue weighted by Crippen LogP contribution is -2.40. The van der Waals surface area contributed by atoms with Crippen LogP contribution in [0.4, 0.5) is 0 Å². The smallest absolute Gasteiger partial charge is 0.244 e. The molecule has 158 valence electrons. The lowest BCUT2D eigenvalue weighted by molar-refractivity contribution is 0.183. The topological polar surface area (TPSA) is 58.6 Å². The molecule has 1 N–H and O–H groups in total. The highest BCUT2D eigenvalue weighted by molar-refractivity contribution is 7.89. The number of rotatable bonds is 7. The molecule has 0 amide bonds. The molecule has 1 aliphatic heterocycles. The molecule has 0 spiro atoms. The Kier molecular flexibility index (Phi) is 6.24. The lowest BCUT2D eigenvalue weighted by Gasteiger charge is -2.35. The summed E-state index contributed by atoms with van der Waals surface area (Å²) in [7, 11) is -2.22. The first-order chi connectivity index (χ1) is 14.5. The number of sulfonamides is 1. The Morgan fingerprint density at radius 1 is 1.13 bits per heavy atom. The number of nitrogens with zero attached hydrogens (tertiary/aromatic N) is 1. The number of fused-ring (bicyclic) bond motifs is 1. The van der Waals surface area contributed by atoms with Crippen molar-refractivity contribution in [1.29, 1.82) is 0 Å². The van der Waals surface area contributed by atoms with E-state index in [2.05, 4.69) is 40.0 Å². The van der Waals surface area contributed by atoms with Crippen LogP contribution in [0.5, 0.6) is 5.75 Å². The third-order valence-corrected chi connectivity index (χ3v) is 7.97. The number of ether oxygens (including phenoxy) is 1. The van der Waals surface area contributed by atoms with Crippen molar-refractivity contribution < 1.29 is 13.2 Å². The average Bonchev–Trinajstić information content (AvgIpc) is 3.28. The van der Waals surface area contributed by atoms with Gasteiger partial charge in [-0.25, -0.2) is 13.1 Å². The van der Waals surface area contributed by atoms with Crippen molar-refractivity contribution in [1.82, 2.24) is 9.62 Å². The molecule has 0 bridgehead atoms. The van der Waals surface area contributed by atoms with Crippen LogP contribution in [0.25, 0.3) is 0 Å². The molecule has 1 aliphatic rings. The quantitative estimate of drug-likeness (QED) is 0.597. The second-order valence-corrected chi connectivity index (χ2v) is 10.2. The van der Waals surface area contributed by atoms with Gasteiger partial charge in [-0.05, 0) is 53.6 Å². The van der Waals surface area contributed by atoms with Crippen molar-refractivity contribution in [3.63, 3.8) is 0 Å². The molecule has 1 unspecified atom stereocenters. The molecule has 5 nitrogen and oxygen atoms in total. The molecule has 1 aromatic heterocycles. The molecule has 0 saturated heterocycles. The van der Waals surface area contributed by atoms with E-state index in [0.717, 1.165) is 30.0 Å². The minimum absolute atomic E-state index is 0.0241. The van der Waals surface area contributed by atoms with E-state index < -0.39 is 10.0 Å². The maximum Gasteiger partial charge on any atom is 0.244 e. The molecule has 2 aromatic carbocycles. The predicted molar refractivity (Wildman–Crippen MR) is 121 cm³/mol. The van der Waals surface area contributed by atoms with Gasteiger partial charge in [-0.2, -0.15) is 0 Å². The number of nitrogens with one attached hydrogen (secondary N) is 1. The van der Waals surface area contributed by atoms with Crippen molar-refractivity contribution in [2.24, 2.45) is 0 Å². The molecule has 7 heteroatoms. The molecular formula is C23H26N2O3S2. The van der Waals surface area contributed by atoms with Crippen LogP contribution in [0.15, 0.2) is 64.9 Å². The normalized spacial score (nSPS) is 15.5. The van der Waals surface area contributed by atoms with Crippen LogP contribution in [0.3, 0.4) is 0 Å². The van der Waals surface area contributed by atoms with Crippen LogP contribution in [-0.4, -0.2) is 33.5 Å². The summed E-state index contributed by atoms with van der Waals surface area (Å²) in [4.78, 5) is 3.71. The lowest BCUT2D eigenvalue weighted by atomic mass is 9.98. The van der Waals surface area contributed by atoms with Crippen LogP contribution in [0.1, 0.15) is 27.6 Å². The van der Waals surface area contributed by atoms with Gasteiger partial charge in [0.15, 0.2) is 0 Å². The number of aryl methyl sites for hydroxylation is 1. The zero-order valence-corrected chi connectivity index (χ0v) is 18.8. The van der Waals surface area contributed by atoms with E-state index in [-0.39, 0.29) is 10.9 Å². The van der Waals surface area contributed by atoms with Gasteiger partial charge in [0.25, 0.3) is 0 Å². The number of benzene rings is 2. The van der Waals surface area contributed by atoms with Gasteiger partial charge >= 0.3 is 0 Å². The monoisotopic (exact) mass is 442 g/mol. The molecule has 2 heterocycles.